The van der Waals surface area contributed by atoms with Gasteiger partial charge >= 0.3 is 0 Å². The van der Waals surface area contributed by atoms with E-state index in [4.69, 9.17) is 10.5 Å². The van der Waals surface area contributed by atoms with Gasteiger partial charge in [-0.2, -0.15) is 0 Å². The smallest absolute Gasteiger partial charge is 0.246 e. The van der Waals surface area contributed by atoms with Gasteiger partial charge in [-0.25, -0.2) is 0 Å². The molecule has 0 saturated carbocycles. The molecule has 126 valence electrons. The van der Waals surface area contributed by atoms with E-state index in [1.165, 1.54) is 0 Å². The van der Waals surface area contributed by atoms with E-state index in [1.807, 2.05) is 51.1 Å². The average molecular weight is 325 g/mol. The number of rotatable bonds is 3. The van der Waals surface area contributed by atoms with E-state index >= 15 is 0 Å². The molecule has 1 amide bonds. The van der Waals surface area contributed by atoms with Gasteiger partial charge in [-0.15, -0.1) is 0 Å². The third kappa shape index (κ3) is 3.02. The van der Waals surface area contributed by atoms with Gasteiger partial charge in [-0.05, 0) is 50.1 Å². The first-order valence-corrected chi connectivity index (χ1v) is 8.13. The number of amides is 1. The van der Waals surface area contributed by atoms with Crippen molar-refractivity contribution >= 4 is 23.0 Å². The number of fused-ring (bicyclic) bond motifs is 1. The second-order valence-electron chi connectivity index (χ2n) is 6.18. The Morgan fingerprint density at radius 1 is 1.29 bits per heavy atom. The van der Waals surface area contributed by atoms with Gasteiger partial charge in [-0.1, -0.05) is 12.1 Å². The summed E-state index contributed by atoms with van der Waals surface area (Å²) in [5.41, 5.74) is 10.5. The summed E-state index contributed by atoms with van der Waals surface area (Å²) in [6, 6.07) is 11.2. The number of anilines is 3. The Bertz CT molecular complexity index is 773. The lowest BCUT2D eigenvalue weighted by atomic mass is 10.1. The fourth-order valence-corrected chi connectivity index (χ4v) is 2.93. The first-order chi connectivity index (χ1) is 11.5. The number of hydrogen-bond acceptors (Lipinski definition) is 4. The number of benzene rings is 2. The van der Waals surface area contributed by atoms with Crippen LogP contribution in [0.15, 0.2) is 36.4 Å². The first kappa shape index (κ1) is 16.2. The minimum atomic E-state index is -0.309. The monoisotopic (exact) mass is 325 g/mol. The van der Waals surface area contributed by atoms with Crippen LogP contribution in [0.5, 0.6) is 5.75 Å². The molecule has 1 aliphatic heterocycles. The van der Waals surface area contributed by atoms with Crippen molar-refractivity contribution < 1.29 is 9.53 Å². The van der Waals surface area contributed by atoms with Crippen LogP contribution in [0, 0.1) is 13.8 Å². The number of nitrogens with two attached hydrogens (primary N) is 1. The molecule has 1 unspecified atom stereocenters. The van der Waals surface area contributed by atoms with Crippen molar-refractivity contribution in [3.05, 3.63) is 47.5 Å². The quantitative estimate of drug-likeness (QED) is 0.851. The van der Waals surface area contributed by atoms with Gasteiger partial charge < -0.3 is 20.7 Å². The van der Waals surface area contributed by atoms with Gasteiger partial charge in [0.15, 0.2) is 0 Å². The van der Waals surface area contributed by atoms with Crippen molar-refractivity contribution in [1.82, 2.24) is 0 Å². The largest absolute Gasteiger partial charge is 0.489 e. The minimum absolute atomic E-state index is 0.0339. The van der Waals surface area contributed by atoms with Crippen LogP contribution in [0.25, 0.3) is 0 Å². The van der Waals surface area contributed by atoms with E-state index in [0.717, 1.165) is 28.3 Å². The van der Waals surface area contributed by atoms with Crippen LogP contribution >= 0.6 is 0 Å². The fraction of sp³-hybridized carbons (Fsp3) is 0.316. The number of nitrogens with zero attached hydrogens (tertiary/aromatic N) is 1. The zero-order valence-corrected chi connectivity index (χ0v) is 14.3. The SMILES string of the molecule is Cc1cccc(NC(=O)C(C)N2CCOc3cc(N)ccc32)c1C. The Kier molecular flexibility index (Phi) is 4.34. The van der Waals surface area contributed by atoms with Gasteiger partial charge in [0.25, 0.3) is 0 Å². The predicted octanol–water partition coefficient (Wildman–Crippen LogP) is 3.11. The van der Waals surface area contributed by atoms with Crippen LogP contribution in [-0.4, -0.2) is 25.1 Å². The lowest BCUT2D eigenvalue weighted by Gasteiger charge is -2.35. The average Bonchev–Trinajstić information content (AvgIpc) is 2.57. The summed E-state index contributed by atoms with van der Waals surface area (Å²) in [5, 5.41) is 3.04. The molecule has 2 aromatic carbocycles. The van der Waals surface area contributed by atoms with E-state index in [9.17, 15) is 4.79 Å². The molecule has 0 aliphatic carbocycles. The molecule has 0 aromatic heterocycles. The van der Waals surface area contributed by atoms with Gasteiger partial charge in [0, 0.05) is 17.4 Å². The number of ether oxygens (including phenoxy) is 1. The number of nitrogens with one attached hydrogen (secondary N) is 1. The van der Waals surface area contributed by atoms with Gasteiger partial charge in [-0.3, -0.25) is 4.79 Å². The highest BCUT2D eigenvalue weighted by atomic mass is 16.5. The maximum atomic E-state index is 12.7. The topological polar surface area (TPSA) is 67.6 Å². The van der Waals surface area contributed by atoms with Gasteiger partial charge in [0.05, 0.1) is 12.2 Å². The number of carbonyl (C=O) groups is 1. The molecule has 1 aliphatic rings. The van der Waals surface area contributed by atoms with E-state index < -0.39 is 0 Å². The summed E-state index contributed by atoms with van der Waals surface area (Å²) >= 11 is 0. The maximum Gasteiger partial charge on any atom is 0.246 e. The Labute approximate surface area is 142 Å². The molecule has 0 spiro atoms. The van der Waals surface area contributed by atoms with Crippen molar-refractivity contribution in [3.8, 4) is 5.75 Å². The molecule has 5 heteroatoms. The van der Waals surface area contributed by atoms with Crippen LogP contribution < -0.4 is 20.7 Å². The summed E-state index contributed by atoms with van der Waals surface area (Å²) in [5.74, 6) is 0.695. The predicted molar refractivity (Wildman–Crippen MR) is 97.7 cm³/mol. The highest BCUT2D eigenvalue weighted by Crippen LogP contribution is 2.34. The third-order valence-corrected chi connectivity index (χ3v) is 4.59. The van der Waals surface area contributed by atoms with Crippen LogP contribution in [0.3, 0.4) is 0 Å². The molecule has 1 atom stereocenters. The third-order valence-electron chi connectivity index (χ3n) is 4.59. The molecule has 0 bridgehead atoms. The van der Waals surface area contributed by atoms with E-state index in [0.29, 0.717) is 18.8 Å². The molecular formula is C19H23N3O2. The molecule has 0 saturated heterocycles. The molecule has 1 heterocycles. The highest BCUT2D eigenvalue weighted by molar-refractivity contribution is 5.97. The molecule has 24 heavy (non-hydrogen) atoms. The number of carbonyl (C=O) groups excluding carboxylic acids is 1. The molecule has 0 radical (unpaired) electrons. The second-order valence-corrected chi connectivity index (χ2v) is 6.18. The highest BCUT2D eigenvalue weighted by Gasteiger charge is 2.27. The Morgan fingerprint density at radius 3 is 2.88 bits per heavy atom. The fourth-order valence-electron chi connectivity index (χ4n) is 2.93. The second kappa shape index (κ2) is 6.43. The molecule has 3 rings (SSSR count). The Balaban J connectivity index is 1.81. The zero-order valence-electron chi connectivity index (χ0n) is 14.3. The Morgan fingerprint density at radius 2 is 2.08 bits per heavy atom. The van der Waals surface area contributed by atoms with Crippen molar-refractivity contribution in [2.45, 2.75) is 26.8 Å². The van der Waals surface area contributed by atoms with Crippen LogP contribution in [0.4, 0.5) is 17.1 Å². The number of nitrogen functional groups attached to an aromatic ring is 1. The van der Waals surface area contributed by atoms with Crippen LogP contribution in [-0.2, 0) is 4.79 Å². The summed E-state index contributed by atoms with van der Waals surface area (Å²) in [4.78, 5) is 14.8. The van der Waals surface area contributed by atoms with Crippen molar-refractivity contribution in [2.24, 2.45) is 0 Å². The molecule has 3 N–H and O–H groups in total. The van der Waals surface area contributed by atoms with Crippen LogP contribution in [0.1, 0.15) is 18.1 Å². The minimum Gasteiger partial charge on any atom is -0.489 e. The Hall–Kier alpha value is -2.69. The molecule has 0 fully saturated rings. The lowest BCUT2D eigenvalue weighted by molar-refractivity contribution is -0.117. The van der Waals surface area contributed by atoms with Crippen molar-refractivity contribution in [1.29, 1.82) is 0 Å². The maximum absolute atomic E-state index is 12.7. The summed E-state index contributed by atoms with van der Waals surface area (Å²) < 4.78 is 5.66. The van der Waals surface area contributed by atoms with Crippen LogP contribution in [0.2, 0.25) is 0 Å². The number of hydrogen-bond donors (Lipinski definition) is 2. The summed E-state index contributed by atoms with van der Waals surface area (Å²) in [6.07, 6.45) is 0. The first-order valence-electron chi connectivity index (χ1n) is 8.13. The summed E-state index contributed by atoms with van der Waals surface area (Å²) in [7, 11) is 0. The molecular weight excluding hydrogens is 302 g/mol. The zero-order chi connectivity index (χ0) is 17.3. The van der Waals surface area contributed by atoms with Crippen molar-refractivity contribution in [3.63, 3.8) is 0 Å². The lowest BCUT2D eigenvalue weighted by Crippen LogP contribution is -2.46. The van der Waals surface area contributed by atoms with E-state index in [2.05, 4.69) is 10.2 Å². The number of aryl methyl sites for hydroxylation is 1. The summed E-state index contributed by atoms with van der Waals surface area (Å²) in [6.45, 7) is 7.17. The van der Waals surface area contributed by atoms with Crippen molar-refractivity contribution in [2.75, 3.05) is 29.1 Å². The normalized spacial score (nSPS) is 14.5. The standard InChI is InChI=1S/C19H23N3O2/c1-12-5-4-6-16(13(12)2)21-19(23)14(3)22-9-10-24-18-11-15(20)7-8-17(18)22/h4-8,11,14H,9-10,20H2,1-3H3,(H,21,23). The molecule has 5 nitrogen and oxygen atoms in total. The van der Waals surface area contributed by atoms with E-state index in [1.54, 1.807) is 6.07 Å². The van der Waals surface area contributed by atoms with E-state index in [-0.39, 0.29) is 11.9 Å². The molecule has 2 aromatic rings. The van der Waals surface area contributed by atoms with Gasteiger partial charge in [0.1, 0.15) is 18.4 Å². The van der Waals surface area contributed by atoms with Gasteiger partial charge in [0.2, 0.25) is 5.91 Å².